The number of nitrogens with zero attached hydrogens (tertiary/aromatic N) is 2. The van der Waals surface area contributed by atoms with Crippen LogP contribution in [0.25, 0.3) is 32.8 Å². The molecule has 1 atom stereocenters. The van der Waals surface area contributed by atoms with E-state index in [9.17, 15) is 5.11 Å². The first-order valence-electron chi connectivity index (χ1n) is 12.5. The molecule has 5 heteroatoms. The number of hydrogen-bond acceptors (Lipinski definition) is 4. The van der Waals surface area contributed by atoms with Gasteiger partial charge in [-0.05, 0) is 66.2 Å². The van der Waals surface area contributed by atoms with E-state index in [1.807, 2.05) is 62.6 Å². The number of hydrogen-bond donors (Lipinski definition) is 1. The Kier molecular flexibility index (Phi) is 7.29. The van der Waals surface area contributed by atoms with Crippen molar-refractivity contribution in [2.75, 3.05) is 27.7 Å². The van der Waals surface area contributed by atoms with Crippen LogP contribution in [-0.2, 0) is 12.0 Å². The zero-order valence-electron chi connectivity index (χ0n) is 21.4. The summed E-state index contributed by atoms with van der Waals surface area (Å²) in [6, 6.07) is 30.8. The number of pyridine rings is 1. The van der Waals surface area contributed by atoms with Crippen LogP contribution in [-0.4, -0.2) is 42.7 Å². The van der Waals surface area contributed by atoms with E-state index in [0.717, 1.165) is 54.9 Å². The summed E-state index contributed by atoms with van der Waals surface area (Å²) in [5.41, 5.74) is 3.62. The average molecular weight is 556 g/mol. The SMILES string of the molecule is COc1nc2ccc(Br)cc2c(-c2ccccc2)c1CC(O)(CCN(C)C)c1cccc2ccccc12. The zero-order valence-corrected chi connectivity index (χ0v) is 23.0. The van der Waals surface area contributed by atoms with Crippen molar-refractivity contribution in [1.29, 1.82) is 0 Å². The molecule has 37 heavy (non-hydrogen) atoms. The molecule has 0 aliphatic heterocycles. The molecule has 0 radical (unpaired) electrons. The Balaban J connectivity index is 1.78. The topological polar surface area (TPSA) is 45.6 Å². The molecule has 0 saturated heterocycles. The van der Waals surface area contributed by atoms with E-state index in [0.29, 0.717) is 18.7 Å². The molecule has 4 aromatic carbocycles. The lowest BCUT2D eigenvalue weighted by Crippen LogP contribution is -2.33. The summed E-state index contributed by atoms with van der Waals surface area (Å²) < 4.78 is 6.88. The van der Waals surface area contributed by atoms with Crippen LogP contribution in [0, 0.1) is 0 Å². The predicted octanol–water partition coefficient (Wildman–Crippen LogP) is 7.21. The lowest BCUT2D eigenvalue weighted by molar-refractivity contribution is 0.0222. The maximum atomic E-state index is 12.6. The molecule has 1 heterocycles. The van der Waals surface area contributed by atoms with Gasteiger partial charge in [0.15, 0.2) is 0 Å². The monoisotopic (exact) mass is 554 g/mol. The minimum absolute atomic E-state index is 0.359. The molecule has 0 saturated carbocycles. The van der Waals surface area contributed by atoms with E-state index in [2.05, 4.69) is 63.3 Å². The van der Waals surface area contributed by atoms with Gasteiger partial charge in [-0.15, -0.1) is 0 Å². The van der Waals surface area contributed by atoms with Crippen LogP contribution in [0.5, 0.6) is 5.88 Å². The van der Waals surface area contributed by atoms with Crippen molar-refractivity contribution in [3.8, 4) is 17.0 Å². The number of ether oxygens (including phenoxy) is 1. The highest BCUT2D eigenvalue weighted by Gasteiger charge is 2.34. The summed E-state index contributed by atoms with van der Waals surface area (Å²) in [6.45, 7) is 0.731. The molecule has 1 aromatic heterocycles. The first kappa shape index (κ1) is 25.4. The number of aromatic nitrogens is 1. The number of fused-ring (bicyclic) bond motifs is 2. The number of rotatable bonds is 8. The third-order valence-electron chi connectivity index (χ3n) is 7.00. The molecule has 1 unspecified atom stereocenters. The van der Waals surface area contributed by atoms with Gasteiger partial charge in [0.2, 0.25) is 5.88 Å². The van der Waals surface area contributed by atoms with Crippen molar-refractivity contribution in [2.24, 2.45) is 0 Å². The molecule has 0 amide bonds. The van der Waals surface area contributed by atoms with Gasteiger partial charge in [0, 0.05) is 28.4 Å². The van der Waals surface area contributed by atoms with Gasteiger partial charge in [0.1, 0.15) is 0 Å². The Morgan fingerprint density at radius 3 is 2.38 bits per heavy atom. The molecule has 5 rings (SSSR count). The van der Waals surface area contributed by atoms with E-state index in [1.54, 1.807) is 7.11 Å². The Morgan fingerprint density at radius 2 is 1.62 bits per heavy atom. The highest BCUT2D eigenvalue weighted by atomic mass is 79.9. The smallest absolute Gasteiger partial charge is 0.217 e. The van der Waals surface area contributed by atoms with E-state index >= 15 is 0 Å². The first-order chi connectivity index (χ1) is 17.9. The Hall–Kier alpha value is -3.25. The van der Waals surface area contributed by atoms with Crippen molar-refractivity contribution in [3.05, 3.63) is 107 Å². The molecule has 1 N–H and O–H groups in total. The van der Waals surface area contributed by atoms with Crippen molar-refractivity contribution in [3.63, 3.8) is 0 Å². The largest absolute Gasteiger partial charge is 0.481 e. The molecule has 0 aliphatic rings. The average Bonchev–Trinajstić information content (AvgIpc) is 2.91. The highest BCUT2D eigenvalue weighted by molar-refractivity contribution is 9.10. The number of aliphatic hydroxyl groups is 1. The molecule has 0 bridgehead atoms. The van der Waals surface area contributed by atoms with Crippen molar-refractivity contribution < 1.29 is 9.84 Å². The van der Waals surface area contributed by atoms with Crippen molar-refractivity contribution in [1.82, 2.24) is 9.88 Å². The quantitative estimate of drug-likeness (QED) is 0.220. The van der Waals surface area contributed by atoms with Crippen LogP contribution in [0.4, 0.5) is 0 Å². The van der Waals surface area contributed by atoms with Gasteiger partial charge in [-0.3, -0.25) is 0 Å². The third kappa shape index (κ3) is 5.12. The lowest BCUT2D eigenvalue weighted by Gasteiger charge is -2.33. The molecule has 0 spiro atoms. The van der Waals surface area contributed by atoms with E-state index in [4.69, 9.17) is 9.72 Å². The van der Waals surface area contributed by atoms with E-state index in [1.165, 1.54) is 0 Å². The van der Waals surface area contributed by atoms with E-state index < -0.39 is 5.60 Å². The van der Waals surface area contributed by atoms with Gasteiger partial charge in [-0.2, -0.15) is 0 Å². The predicted molar refractivity (Wildman–Crippen MR) is 156 cm³/mol. The maximum Gasteiger partial charge on any atom is 0.217 e. The number of methoxy groups -OCH3 is 1. The fourth-order valence-electron chi connectivity index (χ4n) is 5.17. The summed E-state index contributed by atoms with van der Waals surface area (Å²) in [5, 5.41) is 15.8. The Morgan fingerprint density at radius 1 is 0.892 bits per heavy atom. The second-order valence-corrected chi connectivity index (χ2v) is 10.7. The summed E-state index contributed by atoms with van der Waals surface area (Å²) in [7, 11) is 5.73. The first-order valence-corrected chi connectivity index (χ1v) is 13.3. The van der Waals surface area contributed by atoms with Crippen molar-refractivity contribution >= 4 is 37.6 Å². The lowest BCUT2D eigenvalue weighted by atomic mass is 9.80. The van der Waals surface area contributed by atoms with E-state index in [-0.39, 0.29) is 0 Å². The number of benzene rings is 4. The van der Waals surface area contributed by atoms with Crippen LogP contribution in [0.15, 0.2) is 95.5 Å². The van der Waals surface area contributed by atoms with Gasteiger partial charge in [0.05, 0.1) is 18.2 Å². The Labute approximate surface area is 226 Å². The molecule has 5 aromatic rings. The third-order valence-corrected chi connectivity index (χ3v) is 7.49. The highest BCUT2D eigenvalue weighted by Crippen LogP contribution is 2.43. The summed E-state index contributed by atoms with van der Waals surface area (Å²) in [4.78, 5) is 7.00. The second kappa shape index (κ2) is 10.6. The van der Waals surface area contributed by atoms with Crippen LogP contribution in [0.2, 0.25) is 0 Å². The van der Waals surface area contributed by atoms with Crippen LogP contribution >= 0.6 is 15.9 Å². The second-order valence-electron chi connectivity index (χ2n) is 9.79. The molecule has 0 fully saturated rings. The van der Waals surface area contributed by atoms with Crippen molar-refractivity contribution in [2.45, 2.75) is 18.4 Å². The molecule has 0 aliphatic carbocycles. The Bertz CT molecular complexity index is 1550. The fraction of sp³-hybridized carbons (Fsp3) is 0.219. The molecule has 4 nitrogen and oxygen atoms in total. The molecule has 188 valence electrons. The van der Waals surface area contributed by atoms with Crippen LogP contribution in [0.3, 0.4) is 0 Å². The molecular formula is C32H31BrN2O2. The standard InChI is InChI=1S/C32H31BrN2O2/c1-35(2)19-18-32(36,28-15-9-13-22-10-7-8-14-25(22)28)21-27-30(23-11-5-4-6-12-23)26-20-24(33)16-17-29(26)34-31(27)37-3/h4-17,20,36H,18-19,21H2,1-3H3. The van der Waals surface area contributed by atoms with Crippen LogP contribution < -0.4 is 4.74 Å². The fourth-order valence-corrected chi connectivity index (χ4v) is 5.53. The van der Waals surface area contributed by atoms with Crippen LogP contribution in [0.1, 0.15) is 17.5 Å². The van der Waals surface area contributed by atoms with Gasteiger partial charge >= 0.3 is 0 Å². The summed E-state index contributed by atoms with van der Waals surface area (Å²) >= 11 is 3.65. The normalized spacial score (nSPS) is 13.2. The number of halogens is 1. The molecular weight excluding hydrogens is 524 g/mol. The maximum absolute atomic E-state index is 12.6. The van der Waals surface area contributed by atoms with Gasteiger partial charge in [-0.25, -0.2) is 4.98 Å². The minimum atomic E-state index is -1.15. The van der Waals surface area contributed by atoms with Gasteiger partial charge in [-0.1, -0.05) is 88.7 Å². The van der Waals surface area contributed by atoms with Gasteiger partial charge < -0.3 is 14.7 Å². The summed E-state index contributed by atoms with van der Waals surface area (Å²) in [6.07, 6.45) is 0.916. The minimum Gasteiger partial charge on any atom is -0.481 e. The zero-order chi connectivity index (χ0) is 26.0. The van der Waals surface area contributed by atoms with Gasteiger partial charge in [0.25, 0.3) is 0 Å². The summed E-state index contributed by atoms with van der Waals surface area (Å²) in [5.74, 6) is 0.539.